The van der Waals surface area contributed by atoms with Crippen molar-refractivity contribution in [1.29, 1.82) is 0 Å². The zero-order valence-electron chi connectivity index (χ0n) is 12.3. The van der Waals surface area contributed by atoms with E-state index in [0.717, 1.165) is 0 Å². The SMILES string of the molecule is COC(=O)c1ccccc1NC(=O)c1coc2c1C(=O)NCC2. The molecule has 0 unspecified atom stereocenters. The van der Waals surface area contributed by atoms with Crippen LogP contribution >= 0.6 is 0 Å². The summed E-state index contributed by atoms with van der Waals surface area (Å²) in [5, 5.41) is 5.29. The highest BCUT2D eigenvalue weighted by Crippen LogP contribution is 2.23. The number of methoxy groups -OCH3 is 1. The van der Waals surface area contributed by atoms with Gasteiger partial charge in [-0.1, -0.05) is 12.1 Å². The Morgan fingerprint density at radius 2 is 2.04 bits per heavy atom. The van der Waals surface area contributed by atoms with Crippen molar-refractivity contribution >= 4 is 23.5 Å². The third-order valence-electron chi connectivity index (χ3n) is 3.56. The summed E-state index contributed by atoms with van der Waals surface area (Å²) in [5.41, 5.74) is 0.904. The molecule has 7 nitrogen and oxygen atoms in total. The Morgan fingerprint density at radius 1 is 1.26 bits per heavy atom. The van der Waals surface area contributed by atoms with Crippen molar-refractivity contribution in [3.63, 3.8) is 0 Å². The molecule has 2 heterocycles. The van der Waals surface area contributed by atoms with E-state index in [4.69, 9.17) is 4.42 Å². The zero-order valence-corrected chi connectivity index (χ0v) is 12.3. The average Bonchev–Trinajstić information content (AvgIpc) is 3.00. The van der Waals surface area contributed by atoms with E-state index in [-0.39, 0.29) is 22.6 Å². The molecule has 3 rings (SSSR count). The Balaban J connectivity index is 1.91. The molecule has 0 fully saturated rings. The van der Waals surface area contributed by atoms with Gasteiger partial charge in [-0.25, -0.2) is 4.79 Å². The third-order valence-corrected chi connectivity index (χ3v) is 3.56. The lowest BCUT2D eigenvalue weighted by atomic mass is 10.0. The normalized spacial score (nSPS) is 13.0. The van der Waals surface area contributed by atoms with Gasteiger partial charge in [-0.05, 0) is 12.1 Å². The molecular weight excluding hydrogens is 300 g/mol. The summed E-state index contributed by atoms with van der Waals surface area (Å²) in [4.78, 5) is 36.1. The quantitative estimate of drug-likeness (QED) is 0.839. The number of fused-ring (bicyclic) bond motifs is 1. The van der Waals surface area contributed by atoms with Gasteiger partial charge in [0.15, 0.2) is 0 Å². The van der Waals surface area contributed by atoms with Crippen LogP contribution in [0.25, 0.3) is 0 Å². The second-order valence-electron chi connectivity index (χ2n) is 4.94. The van der Waals surface area contributed by atoms with Gasteiger partial charge < -0.3 is 19.8 Å². The molecule has 2 amide bonds. The van der Waals surface area contributed by atoms with Crippen LogP contribution in [-0.2, 0) is 11.2 Å². The van der Waals surface area contributed by atoms with Crippen molar-refractivity contribution in [2.24, 2.45) is 0 Å². The van der Waals surface area contributed by atoms with Gasteiger partial charge in [0.1, 0.15) is 12.0 Å². The van der Waals surface area contributed by atoms with Crippen LogP contribution < -0.4 is 10.6 Å². The lowest BCUT2D eigenvalue weighted by Gasteiger charge is -2.13. The lowest BCUT2D eigenvalue weighted by Crippen LogP contribution is -2.32. The number of carbonyl (C=O) groups is 3. The molecule has 0 saturated carbocycles. The first-order valence-electron chi connectivity index (χ1n) is 6.99. The molecule has 1 aliphatic heterocycles. The maximum Gasteiger partial charge on any atom is 0.339 e. The molecule has 2 aromatic rings. The number of hydrogen-bond donors (Lipinski definition) is 2. The maximum absolute atomic E-state index is 12.5. The van der Waals surface area contributed by atoms with Gasteiger partial charge in [0.25, 0.3) is 11.8 Å². The van der Waals surface area contributed by atoms with Gasteiger partial charge >= 0.3 is 5.97 Å². The van der Waals surface area contributed by atoms with Crippen LogP contribution in [0.2, 0.25) is 0 Å². The molecule has 7 heteroatoms. The molecule has 0 radical (unpaired) electrons. The Bertz CT molecular complexity index is 794. The van der Waals surface area contributed by atoms with E-state index in [0.29, 0.717) is 24.4 Å². The fourth-order valence-electron chi connectivity index (χ4n) is 2.45. The van der Waals surface area contributed by atoms with E-state index in [1.54, 1.807) is 24.3 Å². The molecular formula is C16H14N2O5. The second kappa shape index (κ2) is 5.96. The number of amides is 2. The molecule has 0 saturated heterocycles. The van der Waals surface area contributed by atoms with Crippen molar-refractivity contribution in [3.05, 3.63) is 53.0 Å². The number of nitrogens with one attached hydrogen (secondary N) is 2. The second-order valence-corrected chi connectivity index (χ2v) is 4.94. The summed E-state index contributed by atoms with van der Waals surface area (Å²) in [5.74, 6) is -0.942. The van der Waals surface area contributed by atoms with Crippen LogP contribution in [0.3, 0.4) is 0 Å². The number of hydrogen-bond acceptors (Lipinski definition) is 5. The highest BCUT2D eigenvalue weighted by molar-refractivity contribution is 6.14. The lowest BCUT2D eigenvalue weighted by molar-refractivity contribution is 0.0601. The third kappa shape index (κ3) is 2.68. The molecule has 118 valence electrons. The number of anilines is 1. The Hall–Kier alpha value is -3.09. The van der Waals surface area contributed by atoms with Gasteiger partial charge in [0.2, 0.25) is 0 Å². The van der Waals surface area contributed by atoms with Gasteiger partial charge in [-0.3, -0.25) is 9.59 Å². The summed E-state index contributed by atoms with van der Waals surface area (Å²) in [6.45, 7) is 0.478. The number of esters is 1. The number of rotatable bonds is 3. The molecule has 0 atom stereocenters. The van der Waals surface area contributed by atoms with Gasteiger partial charge in [-0.15, -0.1) is 0 Å². The summed E-state index contributed by atoms with van der Waals surface area (Å²) >= 11 is 0. The van der Waals surface area contributed by atoms with Crippen molar-refractivity contribution in [3.8, 4) is 0 Å². The molecule has 0 aliphatic carbocycles. The van der Waals surface area contributed by atoms with Crippen molar-refractivity contribution in [1.82, 2.24) is 5.32 Å². The van der Waals surface area contributed by atoms with Gasteiger partial charge in [0.05, 0.1) is 29.5 Å². The fraction of sp³-hybridized carbons (Fsp3) is 0.188. The standard InChI is InChI=1S/C16H14N2O5/c1-22-16(21)9-4-2-3-5-11(9)18-14(19)10-8-23-12-6-7-17-15(20)13(10)12/h2-5,8H,6-7H2,1H3,(H,17,20)(H,18,19). The van der Waals surface area contributed by atoms with E-state index in [9.17, 15) is 14.4 Å². The number of furan rings is 1. The first-order chi connectivity index (χ1) is 11.1. The first-order valence-corrected chi connectivity index (χ1v) is 6.99. The molecule has 1 aromatic heterocycles. The zero-order chi connectivity index (χ0) is 16.4. The van der Waals surface area contributed by atoms with E-state index >= 15 is 0 Å². The topological polar surface area (TPSA) is 97.6 Å². The molecule has 1 aromatic carbocycles. The van der Waals surface area contributed by atoms with E-state index < -0.39 is 11.9 Å². The predicted octanol–water partition coefficient (Wildman–Crippen LogP) is 1.60. The molecule has 2 N–H and O–H groups in total. The molecule has 1 aliphatic rings. The predicted molar refractivity (Wildman–Crippen MR) is 80.5 cm³/mol. The number of ether oxygens (including phenoxy) is 1. The Morgan fingerprint density at radius 3 is 2.83 bits per heavy atom. The maximum atomic E-state index is 12.5. The summed E-state index contributed by atoms with van der Waals surface area (Å²) in [6, 6.07) is 6.46. The summed E-state index contributed by atoms with van der Waals surface area (Å²) in [6.07, 6.45) is 1.79. The van der Waals surface area contributed by atoms with Crippen LogP contribution in [0.5, 0.6) is 0 Å². The van der Waals surface area contributed by atoms with Gasteiger partial charge in [-0.2, -0.15) is 0 Å². The Kier molecular flexibility index (Phi) is 3.84. The van der Waals surface area contributed by atoms with E-state index in [2.05, 4.69) is 15.4 Å². The minimum atomic E-state index is -0.562. The van der Waals surface area contributed by atoms with Crippen molar-refractivity contribution in [2.45, 2.75) is 6.42 Å². The van der Waals surface area contributed by atoms with Crippen LogP contribution in [0, 0.1) is 0 Å². The number of carbonyl (C=O) groups excluding carboxylic acids is 3. The highest BCUT2D eigenvalue weighted by Gasteiger charge is 2.28. The molecule has 23 heavy (non-hydrogen) atoms. The van der Waals surface area contributed by atoms with E-state index in [1.807, 2.05) is 0 Å². The number of benzene rings is 1. The summed E-state index contributed by atoms with van der Waals surface area (Å²) in [7, 11) is 1.26. The monoisotopic (exact) mass is 314 g/mol. The van der Waals surface area contributed by atoms with E-state index in [1.165, 1.54) is 13.4 Å². The number of para-hydroxylation sites is 1. The first kappa shape index (κ1) is 14.8. The molecule has 0 bridgehead atoms. The minimum Gasteiger partial charge on any atom is -0.468 e. The van der Waals surface area contributed by atoms with Crippen LogP contribution in [0.4, 0.5) is 5.69 Å². The van der Waals surface area contributed by atoms with Gasteiger partial charge in [0, 0.05) is 13.0 Å². The highest BCUT2D eigenvalue weighted by atomic mass is 16.5. The Labute approximate surface area is 131 Å². The smallest absolute Gasteiger partial charge is 0.339 e. The molecule has 0 spiro atoms. The largest absolute Gasteiger partial charge is 0.468 e. The minimum absolute atomic E-state index is 0.136. The summed E-state index contributed by atoms with van der Waals surface area (Å²) < 4.78 is 9.99. The van der Waals surface area contributed by atoms with Crippen molar-refractivity contribution < 1.29 is 23.5 Å². The van der Waals surface area contributed by atoms with Crippen LogP contribution in [-0.4, -0.2) is 31.4 Å². The van der Waals surface area contributed by atoms with Crippen LogP contribution in [0.15, 0.2) is 34.9 Å². The fourth-order valence-corrected chi connectivity index (χ4v) is 2.45. The average molecular weight is 314 g/mol. The van der Waals surface area contributed by atoms with Crippen molar-refractivity contribution in [2.75, 3.05) is 19.0 Å². The van der Waals surface area contributed by atoms with Crippen LogP contribution in [0.1, 0.15) is 36.8 Å².